The van der Waals surface area contributed by atoms with Crippen LogP contribution in [0, 0.1) is 10.1 Å². The van der Waals surface area contributed by atoms with E-state index in [0.29, 0.717) is 0 Å². The summed E-state index contributed by atoms with van der Waals surface area (Å²) in [7, 11) is 0. The summed E-state index contributed by atoms with van der Waals surface area (Å²) < 4.78 is 14.6. The first-order valence-corrected chi connectivity index (χ1v) is 7.22. The van der Waals surface area contributed by atoms with Crippen molar-refractivity contribution < 1.29 is 33.2 Å². The fourth-order valence-electron chi connectivity index (χ4n) is 2.14. The van der Waals surface area contributed by atoms with E-state index in [1.807, 2.05) is 0 Å². The smallest absolute Gasteiger partial charge is 0.433 e. The van der Waals surface area contributed by atoms with Crippen molar-refractivity contribution in [1.29, 1.82) is 0 Å². The standard InChI is InChI=1S/C14H15N3O8/c1-3-23-13(19)11-7(2)15-14(20)16-8(11)6-24-12(18)9-4-5-10(25-9)17(21)22/h4-5,7H,3,6H2,1-2H3,(H2,15,16,20)/t7-/m1/s1. The van der Waals surface area contributed by atoms with Crippen LogP contribution in [0.3, 0.4) is 0 Å². The Kier molecular flexibility index (Phi) is 5.37. The van der Waals surface area contributed by atoms with E-state index in [1.165, 1.54) is 0 Å². The Morgan fingerprint density at radius 2 is 2.04 bits per heavy atom. The molecule has 2 N–H and O–H groups in total. The minimum Gasteiger partial charge on any atom is -0.463 e. The number of nitro groups is 1. The van der Waals surface area contributed by atoms with Gasteiger partial charge in [0.25, 0.3) is 0 Å². The van der Waals surface area contributed by atoms with E-state index >= 15 is 0 Å². The molecule has 134 valence electrons. The van der Waals surface area contributed by atoms with Gasteiger partial charge in [0.1, 0.15) is 11.5 Å². The lowest BCUT2D eigenvalue weighted by molar-refractivity contribution is -0.402. The lowest BCUT2D eigenvalue weighted by Crippen LogP contribution is -2.50. The van der Waals surface area contributed by atoms with Gasteiger partial charge in [-0.3, -0.25) is 10.1 Å². The molecule has 1 aliphatic rings. The minimum absolute atomic E-state index is 0.0594. The average Bonchev–Trinajstić information content (AvgIpc) is 3.02. The van der Waals surface area contributed by atoms with Gasteiger partial charge in [-0.2, -0.15) is 0 Å². The highest BCUT2D eigenvalue weighted by atomic mass is 16.7. The van der Waals surface area contributed by atoms with Crippen LogP contribution in [0.5, 0.6) is 0 Å². The summed E-state index contributed by atoms with van der Waals surface area (Å²) in [6, 6.07) is 0.880. The molecule has 2 rings (SSSR count). The SMILES string of the molecule is CCOC(=O)C1=C(COC(=O)c2ccc([N+](=O)[O-])o2)NC(=O)N[C@@H]1C. The van der Waals surface area contributed by atoms with E-state index in [4.69, 9.17) is 13.9 Å². The molecular weight excluding hydrogens is 338 g/mol. The van der Waals surface area contributed by atoms with Gasteiger partial charge in [0.15, 0.2) is 0 Å². The van der Waals surface area contributed by atoms with Crippen molar-refractivity contribution in [2.24, 2.45) is 0 Å². The zero-order chi connectivity index (χ0) is 18.6. The summed E-state index contributed by atoms with van der Waals surface area (Å²) in [5.74, 6) is -2.63. The maximum Gasteiger partial charge on any atom is 0.433 e. The number of nitrogens with zero attached hydrogens (tertiary/aromatic N) is 1. The second-order valence-corrected chi connectivity index (χ2v) is 4.90. The molecule has 0 saturated heterocycles. The summed E-state index contributed by atoms with van der Waals surface area (Å²) in [6.07, 6.45) is 0. The maximum absolute atomic E-state index is 12.0. The molecule has 0 fully saturated rings. The van der Waals surface area contributed by atoms with Crippen molar-refractivity contribution >= 4 is 23.9 Å². The number of amides is 2. The van der Waals surface area contributed by atoms with Crippen LogP contribution in [0.25, 0.3) is 0 Å². The van der Waals surface area contributed by atoms with Gasteiger partial charge in [-0.05, 0) is 19.9 Å². The number of esters is 2. The predicted molar refractivity (Wildman–Crippen MR) is 80.4 cm³/mol. The lowest BCUT2D eigenvalue weighted by atomic mass is 10.0. The molecule has 11 heteroatoms. The molecule has 0 spiro atoms. The predicted octanol–water partition coefficient (Wildman–Crippen LogP) is 0.863. The molecule has 2 heterocycles. The van der Waals surface area contributed by atoms with Crippen LogP contribution >= 0.6 is 0 Å². The van der Waals surface area contributed by atoms with E-state index in [-0.39, 0.29) is 23.6 Å². The van der Waals surface area contributed by atoms with Gasteiger partial charge in [0, 0.05) is 0 Å². The van der Waals surface area contributed by atoms with Crippen molar-refractivity contribution in [3.63, 3.8) is 0 Å². The molecule has 0 aromatic carbocycles. The quantitative estimate of drug-likeness (QED) is 0.434. The molecule has 1 atom stereocenters. The molecule has 11 nitrogen and oxygen atoms in total. The Morgan fingerprint density at radius 1 is 1.32 bits per heavy atom. The Balaban J connectivity index is 2.15. The van der Waals surface area contributed by atoms with Gasteiger partial charge in [-0.15, -0.1) is 0 Å². The molecule has 1 aromatic rings. The van der Waals surface area contributed by atoms with Crippen molar-refractivity contribution in [2.75, 3.05) is 13.2 Å². The summed E-state index contributed by atoms with van der Waals surface area (Å²) in [4.78, 5) is 45.2. The normalized spacial score (nSPS) is 16.7. The van der Waals surface area contributed by atoms with Crippen molar-refractivity contribution in [1.82, 2.24) is 10.6 Å². The van der Waals surface area contributed by atoms with Gasteiger partial charge < -0.3 is 24.5 Å². The van der Waals surface area contributed by atoms with Crippen molar-refractivity contribution in [2.45, 2.75) is 19.9 Å². The van der Waals surface area contributed by atoms with Crippen LogP contribution in [-0.2, 0) is 14.3 Å². The summed E-state index contributed by atoms with van der Waals surface area (Å²) in [5, 5.41) is 15.4. The number of hydrogen-bond acceptors (Lipinski definition) is 8. The minimum atomic E-state index is -0.982. The fourth-order valence-corrected chi connectivity index (χ4v) is 2.14. The summed E-state index contributed by atoms with van der Waals surface area (Å²) >= 11 is 0. The molecule has 0 aliphatic carbocycles. The van der Waals surface area contributed by atoms with E-state index in [1.54, 1.807) is 13.8 Å². The van der Waals surface area contributed by atoms with Crippen molar-refractivity contribution in [3.05, 3.63) is 39.3 Å². The topological polar surface area (TPSA) is 150 Å². The average molecular weight is 353 g/mol. The number of hydrogen-bond donors (Lipinski definition) is 2. The number of urea groups is 1. The Morgan fingerprint density at radius 3 is 2.64 bits per heavy atom. The number of ether oxygens (including phenoxy) is 2. The molecule has 0 saturated carbocycles. The fraction of sp³-hybridized carbons (Fsp3) is 0.357. The van der Waals surface area contributed by atoms with Crippen LogP contribution in [0.2, 0.25) is 0 Å². The maximum atomic E-state index is 12.0. The number of carbonyl (C=O) groups is 3. The number of furan rings is 1. The molecular formula is C14H15N3O8. The van der Waals surface area contributed by atoms with Crippen LogP contribution in [0.15, 0.2) is 27.8 Å². The molecule has 25 heavy (non-hydrogen) atoms. The van der Waals surface area contributed by atoms with Gasteiger partial charge >= 0.3 is 23.9 Å². The van der Waals surface area contributed by atoms with Gasteiger partial charge in [0.05, 0.1) is 30.0 Å². The van der Waals surface area contributed by atoms with Crippen LogP contribution in [-0.4, -0.2) is 42.1 Å². The van der Waals surface area contributed by atoms with Crippen LogP contribution < -0.4 is 10.6 Å². The molecule has 1 aromatic heterocycles. The Bertz CT molecular complexity index is 751. The number of carbonyl (C=O) groups excluding carboxylic acids is 3. The number of nitrogens with one attached hydrogen (secondary N) is 2. The highest BCUT2D eigenvalue weighted by molar-refractivity contribution is 5.95. The summed E-state index contributed by atoms with van der Waals surface area (Å²) in [5.41, 5.74) is 0.170. The van der Waals surface area contributed by atoms with E-state index < -0.39 is 41.4 Å². The van der Waals surface area contributed by atoms with Crippen LogP contribution in [0.1, 0.15) is 24.4 Å². The third-order valence-corrected chi connectivity index (χ3v) is 3.19. The first-order valence-electron chi connectivity index (χ1n) is 7.22. The monoisotopic (exact) mass is 353 g/mol. The molecule has 0 bridgehead atoms. The van der Waals surface area contributed by atoms with E-state index in [9.17, 15) is 24.5 Å². The third kappa shape index (κ3) is 4.13. The largest absolute Gasteiger partial charge is 0.463 e. The van der Waals surface area contributed by atoms with Gasteiger partial charge in [-0.25, -0.2) is 14.4 Å². The second-order valence-electron chi connectivity index (χ2n) is 4.90. The Hall–Kier alpha value is -3.37. The molecule has 0 radical (unpaired) electrons. The van der Waals surface area contributed by atoms with Crippen molar-refractivity contribution in [3.8, 4) is 0 Å². The van der Waals surface area contributed by atoms with Gasteiger partial charge in [0.2, 0.25) is 5.76 Å². The first-order chi connectivity index (χ1) is 11.8. The van der Waals surface area contributed by atoms with E-state index in [2.05, 4.69) is 10.6 Å². The molecule has 2 amide bonds. The first kappa shape index (κ1) is 18.0. The zero-order valence-electron chi connectivity index (χ0n) is 13.4. The van der Waals surface area contributed by atoms with Gasteiger partial charge in [-0.1, -0.05) is 0 Å². The molecule has 1 aliphatic heterocycles. The highest BCUT2D eigenvalue weighted by Gasteiger charge is 2.30. The zero-order valence-corrected chi connectivity index (χ0v) is 13.4. The number of rotatable bonds is 6. The second kappa shape index (κ2) is 7.47. The molecule has 0 unspecified atom stereocenters. The van der Waals surface area contributed by atoms with E-state index in [0.717, 1.165) is 12.1 Å². The summed E-state index contributed by atoms with van der Waals surface area (Å²) in [6.45, 7) is 2.88. The third-order valence-electron chi connectivity index (χ3n) is 3.19. The Labute approximate surface area is 141 Å². The lowest BCUT2D eigenvalue weighted by Gasteiger charge is -2.26. The highest BCUT2D eigenvalue weighted by Crippen LogP contribution is 2.18. The van der Waals surface area contributed by atoms with Crippen LogP contribution in [0.4, 0.5) is 10.7 Å².